The van der Waals surface area contributed by atoms with Crippen LogP contribution in [0.2, 0.25) is 0 Å². The molecule has 0 spiro atoms. The molecular weight excluding hydrogens is 293 g/mol. The summed E-state index contributed by atoms with van der Waals surface area (Å²) in [7, 11) is 2.77. The Balaban J connectivity index is 3.43. The maximum atomic E-state index is 13.9. The molecule has 0 unspecified atom stereocenters. The fourth-order valence-corrected chi connectivity index (χ4v) is 1.85. The average Bonchev–Trinajstić information content (AvgIpc) is 2.31. The minimum Gasteiger partial charge on any atom is -0.493 e. The van der Waals surface area contributed by atoms with Crippen molar-refractivity contribution in [2.75, 3.05) is 20.8 Å². The van der Waals surface area contributed by atoms with Crippen molar-refractivity contribution in [1.82, 2.24) is 0 Å². The van der Waals surface area contributed by atoms with Gasteiger partial charge in [0.2, 0.25) is 0 Å². The number of halogens is 2. The Hall–Kier alpha value is -1.14. The number of carbonyl (C=O) groups excluding carboxylic acids is 1. The summed E-state index contributed by atoms with van der Waals surface area (Å²) in [5, 5.41) is 0. The standard InChI is InChI=1S/C11H13BrFNO3/c1-16-8-5-6(12)10(13)9(11(8)17-2)7(15)3-4-14/h5H,3-4,14H2,1-2H3. The molecule has 1 aromatic rings. The van der Waals surface area contributed by atoms with Crippen LogP contribution < -0.4 is 15.2 Å². The predicted octanol–water partition coefficient (Wildman–Crippen LogP) is 2.14. The topological polar surface area (TPSA) is 61.5 Å². The molecule has 0 amide bonds. The second-order valence-electron chi connectivity index (χ2n) is 3.24. The van der Waals surface area contributed by atoms with E-state index in [0.29, 0.717) is 5.75 Å². The smallest absolute Gasteiger partial charge is 0.174 e. The Labute approximate surface area is 107 Å². The number of hydrogen-bond acceptors (Lipinski definition) is 4. The molecule has 0 aliphatic heterocycles. The van der Waals surface area contributed by atoms with Crippen LogP contribution in [0.25, 0.3) is 0 Å². The quantitative estimate of drug-likeness (QED) is 0.847. The fourth-order valence-electron chi connectivity index (χ4n) is 1.45. The minimum atomic E-state index is -0.666. The molecule has 0 heterocycles. The van der Waals surface area contributed by atoms with Gasteiger partial charge in [0.25, 0.3) is 0 Å². The molecule has 0 aliphatic rings. The van der Waals surface area contributed by atoms with E-state index in [2.05, 4.69) is 15.9 Å². The number of Topliss-reactive ketones (excluding diaryl/α,β-unsaturated/α-hetero) is 1. The van der Waals surface area contributed by atoms with Crippen LogP contribution >= 0.6 is 15.9 Å². The number of nitrogens with two attached hydrogens (primary N) is 1. The third-order valence-electron chi connectivity index (χ3n) is 2.21. The summed E-state index contributed by atoms with van der Waals surface area (Å²) in [6.07, 6.45) is 0.0485. The third kappa shape index (κ3) is 2.76. The van der Waals surface area contributed by atoms with Gasteiger partial charge in [0, 0.05) is 12.5 Å². The van der Waals surface area contributed by atoms with Crippen molar-refractivity contribution in [2.45, 2.75) is 6.42 Å². The number of hydrogen-bond donors (Lipinski definition) is 1. The minimum absolute atomic E-state index is 0.0485. The molecule has 6 heteroatoms. The number of rotatable bonds is 5. The van der Waals surface area contributed by atoms with Gasteiger partial charge in [0.05, 0.1) is 18.7 Å². The summed E-state index contributed by atoms with van der Waals surface area (Å²) in [4.78, 5) is 11.8. The zero-order valence-electron chi connectivity index (χ0n) is 9.55. The van der Waals surface area contributed by atoms with E-state index in [-0.39, 0.29) is 28.8 Å². The molecule has 0 aromatic heterocycles. The monoisotopic (exact) mass is 305 g/mol. The SMILES string of the molecule is COc1cc(Br)c(F)c(C(=O)CCN)c1OC. The number of benzene rings is 1. The first-order chi connectivity index (χ1) is 8.06. The van der Waals surface area contributed by atoms with Gasteiger partial charge in [-0.25, -0.2) is 4.39 Å². The van der Waals surface area contributed by atoms with E-state index in [9.17, 15) is 9.18 Å². The normalized spacial score (nSPS) is 10.2. The van der Waals surface area contributed by atoms with E-state index >= 15 is 0 Å². The molecule has 0 saturated carbocycles. The third-order valence-corrected chi connectivity index (χ3v) is 2.79. The van der Waals surface area contributed by atoms with E-state index < -0.39 is 11.6 Å². The molecule has 0 bridgehead atoms. The van der Waals surface area contributed by atoms with Gasteiger partial charge < -0.3 is 15.2 Å². The molecular formula is C11H13BrFNO3. The first-order valence-electron chi connectivity index (χ1n) is 4.90. The Morgan fingerprint density at radius 2 is 2.12 bits per heavy atom. The molecule has 0 saturated heterocycles. The lowest BCUT2D eigenvalue weighted by atomic mass is 10.1. The van der Waals surface area contributed by atoms with Crippen LogP contribution in [0, 0.1) is 5.82 Å². The highest BCUT2D eigenvalue weighted by atomic mass is 79.9. The summed E-state index contributed by atoms with van der Waals surface area (Å²) >= 11 is 3.03. The molecule has 0 radical (unpaired) electrons. The number of carbonyl (C=O) groups is 1. The van der Waals surface area contributed by atoms with Crippen LogP contribution in [0.15, 0.2) is 10.5 Å². The van der Waals surface area contributed by atoms with Crippen molar-refractivity contribution in [1.29, 1.82) is 0 Å². The highest BCUT2D eigenvalue weighted by molar-refractivity contribution is 9.10. The number of methoxy groups -OCH3 is 2. The molecule has 1 rings (SSSR count). The van der Waals surface area contributed by atoms with Crippen LogP contribution in [0.4, 0.5) is 4.39 Å². The van der Waals surface area contributed by atoms with Crippen LogP contribution in [0.3, 0.4) is 0 Å². The summed E-state index contributed by atoms with van der Waals surface area (Å²) in [5.74, 6) is -0.699. The summed E-state index contributed by atoms with van der Waals surface area (Å²) in [6.45, 7) is 0.149. The lowest BCUT2D eigenvalue weighted by Crippen LogP contribution is -2.12. The zero-order chi connectivity index (χ0) is 13.0. The lowest BCUT2D eigenvalue weighted by molar-refractivity contribution is 0.0977. The van der Waals surface area contributed by atoms with Gasteiger partial charge >= 0.3 is 0 Å². The second-order valence-corrected chi connectivity index (χ2v) is 4.10. The van der Waals surface area contributed by atoms with Gasteiger partial charge in [-0.05, 0) is 22.5 Å². The van der Waals surface area contributed by atoms with Crippen molar-refractivity contribution in [3.05, 3.63) is 21.9 Å². The van der Waals surface area contributed by atoms with Gasteiger partial charge in [-0.15, -0.1) is 0 Å². The fraction of sp³-hybridized carbons (Fsp3) is 0.364. The van der Waals surface area contributed by atoms with E-state index in [1.807, 2.05) is 0 Å². The highest BCUT2D eigenvalue weighted by Gasteiger charge is 2.23. The van der Waals surface area contributed by atoms with Gasteiger partial charge in [-0.1, -0.05) is 0 Å². The molecule has 0 fully saturated rings. The van der Waals surface area contributed by atoms with E-state index in [1.54, 1.807) is 0 Å². The number of ketones is 1. The summed E-state index contributed by atoms with van der Waals surface area (Å²) in [5.41, 5.74) is 5.15. The van der Waals surface area contributed by atoms with E-state index in [0.717, 1.165) is 0 Å². The van der Waals surface area contributed by atoms with Crippen LogP contribution in [-0.4, -0.2) is 26.5 Å². The highest BCUT2D eigenvalue weighted by Crippen LogP contribution is 2.37. The Bertz CT molecular complexity index is 437. The summed E-state index contributed by atoms with van der Waals surface area (Å²) < 4.78 is 24.1. The van der Waals surface area contributed by atoms with Crippen LogP contribution in [0.5, 0.6) is 11.5 Å². The van der Waals surface area contributed by atoms with E-state index in [1.165, 1.54) is 20.3 Å². The molecule has 94 valence electrons. The second kappa shape index (κ2) is 5.97. The van der Waals surface area contributed by atoms with Crippen molar-refractivity contribution in [2.24, 2.45) is 5.73 Å². The van der Waals surface area contributed by atoms with Crippen molar-refractivity contribution < 1.29 is 18.7 Å². The Morgan fingerprint density at radius 1 is 1.47 bits per heavy atom. The first kappa shape index (κ1) is 13.9. The molecule has 17 heavy (non-hydrogen) atoms. The van der Waals surface area contributed by atoms with Crippen molar-refractivity contribution >= 4 is 21.7 Å². The predicted molar refractivity (Wildman–Crippen MR) is 65.2 cm³/mol. The van der Waals surface area contributed by atoms with Crippen LogP contribution in [-0.2, 0) is 0 Å². The Kier molecular flexibility index (Phi) is 4.89. The van der Waals surface area contributed by atoms with Gasteiger partial charge in [-0.2, -0.15) is 0 Å². The zero-order valence-corrected chi connectivity index (χ0v) is 11.1. The van der Waals surface area contributed by atoms with Crippen molar-refractivity contribution in [3.63, 3.8) is 0 Å². The molecule has 0 aliphatic carbocycles. The molecule has 0 atom stereocenters. The van der Waals surface area contributed by atoms with Gasteiger partial charge in [0.1, 0.15) is 5.56 Å². The largest absolute Gasteiger partial charge is 0.493 e. The maximum Gasteiger partial charge on any atom is 0.174 e. The van der Waals surface area contributed by atoms with Gasteiger partial charge in [0.15, 0.2) is 23.1 Å². The summed E-state index contributed by atoms with van der Waals surface area (Å²) in [6, 6.07) is 1.41. The van der Waals surface area contributed by atoms with Crippen molar-refractivity contribution in [3.8, 4) is 11.5 Å². The maximum absolute atomic E-state index is 13.9. The average molecular weight is 306 g/mol. The lowest BCUT2D eigenvalue weighted by Gasteiger charge is -2.13. The van der Waals surface area contributed by atoms with E-state index in [4.69, 9.17) is 15.2 Å². The Morgan fingerprint density at radius 3 is 2.59 bits per heavy atom. The molecule has 4 nitrogen and oxygen atoms in total. The van der Waals surface area contributed by atoms with Gasteiger partial charge in [-0.3, -0.25) is 4.79 Å². The number of ether oxygens (including phenoxy) is 2. The first-order valence-corrected chi connectivity index (χ1v) is 5.69. The molecule has 2 N–H and O–H groups in total. The van der Waals surface area contributed by atoms with Crippen LogP contribution in [0.1, 0.15) is 16.8 Å². The molecule has 1 aromatic carbocycles.